The molecule has 11 rings (SSSR count). The summed E-state index contributed by atoms with van der Waals surface area (Å²) in [5, 5.41) is 24.4. The lowest BCUT2D eigenvalue weighted by Gasteiger charge is -2.20. The number of fused-ring (bicyclic) bond motifs is 6. The van der Waals surface area contributed by atoms with E-state index in [0.29, 0.717) is 22.5 Å². The molecule has 9 aromatic carbocycles. The SMILES string of the molecule is [C-]#[N+]c1ccc(-c2ccc3c(c2)c2ccccc2n3-c2ccc(-c3ccc([N+]#[C-])cc3C)cc2-c2cc(C#N)ccc2-n2c3ccccc3c3cc(-c4ccc(C#N)cc4)ccc32)cc1. The van der Waals surface area contributed by atoms with Crippen molar-refractivity contribution in [1.82, 2.24) is 9.13 Å². The van der Waals surface area contributed by atoms with Gasteiger partial charge in [0.2, 0.25) is 0 Å². The van der Waals surface area contributed by atoms with Gasteiger partial charge in [0.1, 0.15) is 0 Å². The van der Waals surface area contributed by atoms with Crippen LogP contribution in [-0.4, -0.2) is 9.13 Å². The van der Waals surface area contributed by atoms with E-state index in [1.807, 2.05) is 85.8 Å². The molecule has 0 aliphatic rings. The predicted octanol–water partition coefficient (Wildman–Crippen LogP) is 15.7. The Morgan fingerprint density at radius 3 is 1.40 bits per heavy atom. The zero-order valence-electron chi connectivity index (χ0n) is 35.1. The summed E-state index contributed by atoms with van der Waals surface area (Å²) in [4.78, 5) is 7.29. The highest BCUT2D eigenvalue weighted by Crippen LogP contribution is 2.44. The quantitative estimate of drug-likeness (QED) is 0.157. The molecule has 0 amide bonds. The van der Waals surface area contributed by atoms with Crippen LogP contribution < -0.4 is 0 Å². The summed E-state index contributed by atoms with van der Waals surface area (Å²) in [5.41, 5.74) is 17.4. The Hall–Kier alpha value is -9.46. The molecule has 0 radical (unpaired) electrons. The molecule has 11 aromatic rings. The van der Waals surface area contributed by atoms with E-state index >= 15 is 0 Å². The summed E-state index contributed by atoms with van der Waals surface area (Å²) in [6, 6.07) is 68.5. The second kappa shape index (κ2) is 15.5. The number of nitrogens with zero attached hydrogens (tertiary/aromatic N) is 6. The van der Waals surface area contributed by atoms with Crippen molar-refractivity contribution in [2.45, 2.75) is 6.92 Å². The Bertz CT molecular complexity index is 3930. The number of benzene rings is 9. The molecule has 0 saturated heterocycles. The van der Waals surface area contributed by atoms with E-state index in [1.165, 1.54) is 0 Å². The Morgan fingerprint density at radius 1 is 0.385 bits per heavy atom. The van der Waals surface area contributed by atoms with Crippen LogP contribution >= 0.6 is 0 Å². The Labute approximate surface area is 375 Å². The molecule has 65 heavy (non-hydrogen) atoms. The standard InChI is InChI=1S/C59H34N6/c1-37-30-46(63-3)24-25-47(37)44-21-29-59(65-55-11-7-5-9-49(55)52-33-43(20-28-58(52)65)41-17-22-45(62-2)23-18-41)53(34-44)50-31-39(36-61)14-26-56(50)64-54-10-6-4-8-48(54)51-32-42(19-27-57(51)64)40-15-12-38(35-60)13-16-40/h4-34H,1H3. The topological polar surface area (TPSA) is 66.2 Å². The van der Waals surface area contributed by atoms with E-state index in [-0.39, 0.29) is 0 Å². The van der Waals surface area contributed by atoms with Gasteiger partial charge < -0.3 is 9.13 Å². The molecule has 0 unspecified atom stereocenters. The van der Waals surface area contributed by atoms with Crippen LogP contribution in [0.4, 0.5) is 11.4 Å². The molecular weight excluding hydrogens is 793 g/mol. The van der Waals surface area contributed by atoms with Gasteiger partial charge >= 0.3 is 0 Å². The fraction of sp³-hybridized carbons (Fsp3) is 0.0169. The number of aromatic nitrogens is 2. The smallest absolute Gasteiger partial charge is 0.187 e. The monoisotopic (exact) mass is 826 g/mol. The van der Waals surface area contributed by atoms with Crippen LogP contribution in [0.5, 0.6) is 0 Å². The highest BCUT2D eigenvalue weighted by molar-refractivity contribution is 6.13. The van der Waals surface area contributed by atoms with Gasteiger partial charge in [0.15, 0.2) is 11.4 Å². The van der Waals surface area contributed by atoms with Gasteiger partial charge in [-0.05, 0) is 119 Å². The maximum Gasteiger partial charge on any atom is 0.187 e. The molecule has 0 spiro atoms. The van der Waals surface area contributed by atoms with Gasteiger partial charge in [0.25, 0.3) is 0 Å². The lowest BCUT2D eigenvalue weighted by Crippen LogP contribution is -2.02. The van der Waals surface area contributed by atoms with E-state index in [2.05, 4.69) is 140 Å². The van der Waals surface area contributed by atoms with Crippen molar-refractivity contribution < 1.29 is 0 Å². The molecule has 0 aliphatic heterocycles. The largest absolute Gasteiger partial charge is 0.309 e. The summed E-state index contributed by atoms with van der Waals surface area (Å²) in [7, 11) is 0. The Kier molecular flexibility index (Phi) is 9.15. The molecule has 6 nitrogen and oxygen atoms in total. The average molecular weight is 827 g/mol. The molecule has 6 heteroatoms. The first-order chi connectivity index (χ1) is 31.9. The summed E-state index contributed by atoms with van der Waals surface area (Å²) in [5.74, 6) is 0. The fourth-order valence-corrected chi connectivity index (χ4v) is 9.46. The lowest BCUT2D eigenvalue weighted by molar-refractivity contribution is 1.16. The minimum Gasteiger partial charge on any atom is -0.309 e. The molecule has 0 bridgehead atoms. The number of aryl methyl sites for hydroxylation is 1. The minimum absolute atomic E-state index is 0.540. The van der Waals surface area contributed by atoms with Crippen LogP contribution in [0.2, 0.25) is 0 Å². The van der Waals surface area contributed by atoms with E-state index in [0.717, 1.165) is 105 Å². The molecule has 0 N–H and O–H groups in total. The Morgan fingerprint density at radius 2 is 0.846 bits per heavy atom. The van der Waals surface area contributed by atoms with E-state index in [4.69, 9.17) is 13.1 Å². The van der Waals surface area contributed by atoms with Crippen LogP contribution in [0.3, 0.4) is 0 Å². The lowest BCUT2D eigenvalue weighted by atomic mass is 9.93. The van der Waals surface area contributed by atoms with Crippen molar-refractivity contribution in [3.8, 4) is 68.0 Å². The van der Waals surface area contributed by atoms with E-state index < -0.39 is 0 Å². The minimum atomic E-state index is 0.540. The number of rotatable bonds is 6. The molecular formula is C59H34N6. The molecule has 0 aliphatic carbocycles. The van der Waals surface area contributed by atoms with Crippen LogP contribution in [0.15, 0.2) is 188 Å². The second-order valence-corrected chi connectivity index (χ2v) is 16.2. The highest BCUT2D eigenvalue weighted by atomic mass is 15.0. The van der Waals surface area contributed by atoms with Gasteiger partial charge in [-0.1, -0.05) is 115 Å². The van der Waals surface area contributed by atoms with E-state index in [1.54, 1.807) is 0 Å². The fourth-order valence-electron chi connectivity index (χ4n) is 9.46. The zero-order valence-corrected chi connectivity index (χ0v) is 35.1. The third-order valence-corrected chi connectivity index (χ3v) is 12.6. The van der Waals surface area contributed by atoms with Gasteiger partial charge in [-0.2, -0.15) is 10.5 Å². The number of hydrogen-bond acceptors (Lipinski definition) is 2. The number of para-hydroxylation sites is 2. The van der Waals surface area contributed by atoms with Gasteiger partial charge in [-0.25, -0.2) is 9.69 Å². The van der Waals surface area contributed by atoms with Gasteiger partial charge in [-0.15, -0.1) is 0 Å². The van der Waals surface area contributed by atoms with Gasteiger partial charge in [-0.3, -0.25) is 0 Å². The van der Waals surface area contributed by atoms with Crippen molar-refractivity contribution in [1.29, 1.82) is 10.5 Å². The average Bonchev–Trinajstić information content (AvgIpc) is 3.88. The van der Waals surface area contributed by atoms with Crippen molar-refractivity contribution in [2.24, 2.45) is 0 Å². The van der Waals surface area contributed by atoms with Crippen molar-refractivity contribution in [3.05, 3.63) is 228 Å². The normalized spacial score (nSPS) is 11.1. The highest BCUT2D eigenvalue weighted by Gasteiger charge is 2.22. The van der Waals surface area contributed by atoms with Crippen LogP contribution in [0, 0.1) is 42.7 Å². The third-order valence-electron chi connectivity index (χ3n) is 12.6. The van der Waals surface area contributed by atoms with Gasteiger partial charge in [0, 0.05) is 32.7 Å². The van der Waals surface area contributed by atoms with Crippen molar-refractivity contribution >= 4 is 55.0 Å². The molecule has 0 fully saturated rings. The van der Waals surface area contributed by atoms with Crippen LogP contribution in [0.25, 0.3) is 109 Å². The number of hydrogen-bond donors (Lipinski definition) is 0. The molecule has 0 atom stereocenters. The summed E-state index contributed by atoms with van der Waals surface area (Å²) >= 11 is 0. The molecule has 0 saturated carbocycles. The molecule has 2 aromatic heterocycles. The maximum atomic E-state index is 10.5. The summed E-state index contributed by atoms with van der Waals surface area (Å²) in [6.45, 7) is 17.2. The number of nitriles is 2. The van der Waals surface area contributed by atoms with Crippen molar-refractivity contribution in [3.63, 3.8) is 0 Å². The van der Waals surface area contributed by atoms with Crippen molar-refractivity contribution in [2.75, 3.05) is 0 Å². The maximum absolute atomic E-state index is 10.5. The zero-order chi connectivity index (χ0) is 44.2. The predicted molar refractivity (Wildman–Crippen MR) is 264 cm³/mol. The summed E-state index contributed by atoms with van der Waals surface area (Å²) in [6.07, 6.45) is 0. The molecule has 2 heterocycles. The first kappa shape index (κ1) is 38.5. The Balaban J connectivity index is 1.20. The summed E-state index contributed by atoms with van der Waals surface area (Å²) < 4.78 is 4.65. The second-order valence-electron chi connectivity index (χ2n) is 16.2. The van der Waals surface area contributed by atoms with Crippen LogP contribution in [0.1, 0.15) is 16.7 Å². The third kappa shape index (κ3) is 6.39. The molecule has 300 valence electrons. The van der Waals surface area contributed by atoms with Gasteiger partial charge in [0.05, 0.1) is 69.9 Å². The first-order valence-corrected chi connectivity index (χ1v) is 21.2. The first-order valence-electron chi connectivity index (χ1n) is 21.2. The van der Waals surface area contributed by atoms with Crippen LogP contribution in [-0.2, 0) is 0 Å². The van der Waals surface area contributed by atoms with E-state index in [9.17, 15) is 10.5 Å².